The minimum Gasteiger partial charge on any atom is -0.259 e. The van der Waals surface area contributed by atoms with Gasteiger partial charge in [-0.1, -0.05) is 13.8 Å². The van der Waals surface area contributed by atoms with Crippen LogP contribution in [-0.2, 0) is 0 Å². The molecule has 0 radical (unpaired) electrons. The predicted octanol–water partition coefficient (Wildman–Crippen LogP) is 2.75. The van der Waals surface area contributed by atoms with Crippen LogP contribution < -0.4 is 5.69 Å². The average molecular weight is 298 g/mol. The summed E-state index contributed by atoms with van der Waals surface area (Å²) in [5, 5.41) is 0.208. The third kappa shape index (κ3) is 2.16. The van der Waals surface area contributed by atoms with Gasteiger partial charge in [-0.3, -0.25) is 4.98 Å². The van der Waals surface area contributed by atoms with Crippen LogP contribution in [-0.4, -0.2) is 19.5 Å². The summed E-state index contributed by atoms with van der Waals surface area (Å²) in [5.41, 5.74) is 1.79. The predicted molar refractivity (Wildman–Crippen MR) is 81.7 cm³/mol. The van der Waals surface area contributed by atoms with Crippen molar-refractivity contribution in [1.29, 1.82) is 0 Å². The molecule has 0 N–H and O–H groups in total. The van der Waals surface area contributed by atoms with Gasteiger partial charge < -0.3 is 0 Å². The van der Waals surface area contributed by atoms with Crippen molar-refractivity contribution in [2.24, 2.45) is 0 Å². The molecule has 6 heteroatoms. The van der Waals surface area contributed by atoms with E-state index in [9.17, 15) is 9.18 Å². The summed E-state index contributed by atoms with van der Waals surface area (Å²) in [7, 11) is 0. The van der Waals surface area contributed by atoms with Crippen LogP contribution in [0, 0.1) is 12.9 Å². The summed E-state index contributed by atoms with van der Waals surface area (Å²) >= 11 is 0. The van der Waals surface area contributed by atoms with Crippen molar-refractivity contribution < 1.29 is 4.39 Å². The Bertz CT molecular complexity index is 918. The fraction of sp³-hybridized carbons (Fsp3) is 0.250. The van der Waals surface area contributed by atoms with Crippen molar-refractivity contribution in [2.75, 3.05) is 0 Å². The lowest BCUT2D eigenvalue weighted by Crippen LogP contribution is -2.26. The topological polar surface area (TPSA) is 60.7 Å². The summed E-state index contributed by atoms with van der Waals surface area (Å²) in [5.74, 6) is -0.706. The van der Waals surface area contributed by atoms with E-state index in [0.29, 0.717) is 5.69 Å². The van der Waals surface area contributed by atoms with Gasteiger partial charge in [-0.15, -0.1) is 0 Å². The molecule has 0 aliphatic heterocycles. The maximum atomic E-state index is 13.9. The maximum Gasteiger partial charge on any atom is 0.356 e. The van der Waals surface area contributed by atoms with E-state index in [1.54, 1.807) is 18.3 Å². The molecule has 3 heterocycles. The molecule has 0 amide bonds. The highest BCUT2D eigenvalue weighted by atomic mass is 19.1. The monoisotopic (exact) mass is 298 g/mol. The molecule has 0 unspecified atom stereocenters. The molecule has 3 rings (SSSR count). The molecule has 0 fully saturated rings. The summed E-state index contributed by atoms with van der Waals surface area (Å²) in [6.07, 6.45) is 3.23. The Morgan fingerprint density at radius 3 is 2.68 bits per heavy atom. The third-order valence-corrected chi connectivity index (χ3v) is 3.53. The van der Waals surface area contributed by atoms with Crippen LogP contribution in [0.4, 0.5) is 4.39 Å². The van der Waals surface area contributed by atoms with Gasteiger partial charge >= 0.3 is 5.69 Å². The van der Waals surface area contributed by atoms with Crippen LogP contribution in [0.5, 0.6) is 0 Å². The van der Waals surface area contributed by atoms with E-state index in [4.69, 9.17) is 0 Å². The molecule has 0 saturated carbocycles. The SMILES string of the molecule is Cc1ccnc(C(C)C)c1-n1c(=O)nc(F)c2cccnc21. The van der Waals surface area contributed by atoms with E-state index in [-0.39, 0.29) is 17.0 Å². The van der Waals surface area contributed by atoms with Crippen molar-refractivity contribution in [3.63, 3.8) is 0 Å². The number of pyridine rings is 2. The normalized spacial score (nSPS) is 11.3. The number of nitrogens with zero attached hydrogens (tertiary/aromatic N) is 4. The molecule has 0 aliphatic rings. The van der Waals surface area contributed by atoms with Gasteiger partial charge in [-0.2, -0.15) is 9.37 Å². The zero-order valence-electron chi connectivity index (χ0n) is 12.5. The van der Waals surface area contributed by atoms with Gasteiger partial charge in [0.15, 0.2) is 5.65 Å². The molecule has 0 bridgehead atoms. The molecule has 112 valence electrons. The highest BCUT2D eigenvalue weighted by molar-refractivity contribution is 5.76. The summed E-state index contributed by atoms with van der Waals surface area (Å²) in [6, 6.07) is 4.98. The van der Waals surface area contributed by atoms with Crippen LogP contribution in [0.3, 0.4) is 0 Å². The van der Waals surface area contributed by atoms with E-state index < -0.39 is 11.6 Å². The van der Waals surface area contributed by atoms with Gasteiger partial charge in [0, 0.05) is 12.4 Å². The second-order valence-electron chi connectivity index (χ2n) is 5.41. The Hall–Kier alpha value is -2.63. The zero-order chi connectivity index (χ0) is 15.9. The van der Waals surface area contributed by atoms with E-state index >= 15 is 0 Å². The standard InChI is InChI=1S/C16H15FN4O/c1-9(2)12-13(10(3)6-8-18-12)21-15-11(5-4-7-19-15)14(17)20-16(21)22/h4-9H,1-3H3. The molecule has 3 aromatic heterocycles. The first kappa shape index (κ1) is 14.3. The Balaban J connectivity index is 2.50. The Morgan fingerprint density at radius 2 is 1.95 bits per heavy atom. The number of hydrogen-bond acceptors (Lipinski definition) is 4. The molecule has 5 nitrogen and oxygen atoms in total. The van der Waals surface area contributed by atoms with E-state index in [1.807, 2.05) is 26.8 Å². The molecule has 0 saturated heterocycles. The van der Waals surface area contributed by atoms with Crippen molar-refractivity contribution in [3.8, 4) is 5.69 Å². The fourth-order valence-electron chi connectivity index (χ4n) is 2.51. The number of hydrogen-bond donors (Lipinski definition) is 0. The van der Waals surface area contributed by atoms with Gasteiger partial charge in [0.1, 0.15) is 0 Å². The zero-order valence-corrected chi connectivity index (χ0v) is 12.5. The smallest absolute Gasteiger partial charge is 0.259 e. The average Bonchev–Trinajstić information content (AvgIpc) is 2.48. The largest absolute Gasteiger partial charge is 0.356 e. The Morgan fingerprint density at radius 1 is 1.18 bits per heavy atom. The van der Waals surface area contributed by atoms with Crippen molar-refractivity contribution >= 4 is 11.0 Å². The highest BCUT2D eigenvalue weighted by Crippen LogP contribution is 2.25. The third-order valence-electron chi connectivity index (χ3n) is 3.53. The van der Waals surface area contributed by atoms with Crippen LogP contribution in [0.25, 0.3) is 16.7 Å². The molecular formula is C16H15FN4O. The van der Waals surface area contributed by atoms with Crippen LogP contribution in [0.2, 0.25) is 0 Å². The van der Waals surface area contributed by atoms with Gasteiger partial charge in [-0.05, 0) is 36.6 Å². The fourth-order valence-corrected chi connectivity index (χ4v) is 2.51. The summed E-state index contributed by atoms with van der Waals surface area (Å²) in [4.78, 5) is 24.4. The number of fused-ring (bicyclic) bond motifs is 1. The summed E-state index contributed by atoms with van der Waals surface area (Å²) < 4.78 is 15.3. The molecule has 0 atom stereocenters. The second-order valence-corrected chi connectivity index (χ2v) is 5.41. The van der Waals surface area contributed by atoms with Crippen molar-refractivity contribution in [2.45, 2.75) is 26.7 Å². The number of aromatic nitrogens is 4. The maximum absolute atomic E-state index is 13.9. The molecule has 0 aromatic carbocycles. The first-order valence-electron chi connectivity index (χ1n) is 7.00. The quantitative estimate of drug-likeness (QED) is 0.683. The minimum absolute atomic E-state index is 0.102. The van der Waals surface area contributed by atoms with Crippen molar-refractivity contribution in [1.82, 2.24) is 19.5 Å². The lowest BCUT2D eigenvalue weighted by molar-refractivity contribution is 0.582. The first-order chi connectivity index (χ1) is 10.5. The van der Waals surface area contributed by atoms with Gasteiger partial charge in [-0.25, -0.2) is 14.3 Å². The number of aryl methyl sites for hydroxylation is 1. The minimum atomic E-state index is -0.808. The van der Waals surface area contributed by atoms with Gasteiger partial charge in [0.25, 0.3) is 0 Å². The van der Waals surface area contributed by atoms with Crippen LogP contribution in [0.1, 0.15) is 31.0 Å². The van der Waals surface area contributed by atoms with Crippen LogP contribution >= 0.6 is 0 Å². The molecule has 22 heavy (non-hydrogen) atoms. The summed E-state index contributed by atoms with van der Waals surface area (Å²) in [6.45, 7) is 5.86. The van der Waals surface area contributed by atoms with E-state index in [0.717, 1.165) is 11.3 Å². The number of rotatable bonds is 2. The lowest BCUT2D eigenvalue weighted by atomic mass is 10.0. The molecule has 3 aromatic rings. The van der Waals surface area contributed by atoms with Crippen LogP contribution in [0.15, 0.2) is 35.4 Å². The molecule has 0 spiro atoms. The molecular weight excluding hydrogens is 283 g/mol. The molecule has 0 aliphatic carbocycles. The van der Waals surface area contributed by atoms with E-state index in [2.05, 4.69) is 15.0 Å². The highest BCUT2D eigenvalue weighted by Gasteiger charge is 2.19. The first-order valence-corrected chi connectivity index (χ1v) is 7.00. The lowest BCUT2D eigenvalue weighted by Gasteiger charge is -2.17. The Kier molecular flexibility index (Phi) is 3.44. The van der Waals surface area contributed by atoms with E-state index in [1.165, 1.54) is 10.8 Å². The van der Waals surface area contributed by atoms with Gasteiger partial charge in [0.2, 0.25) is 5.95 Å². The van der Waals surface area contributed by atoms with Gasteiger partial charge in [0.05, 0.1) is 16.8 Å². The second kappa shape index (κ2) is 5.29. The van der Waals surface area contributed by atoms with Crippen molar-refractivity contribution in [3.05, 3.63) is 58.3 Å². The number of halogens is 1. The Labute approximate surface area is 126 Å².